The zero-order valence-corrected chi connectivity index (χ0v) is 13.7. The molecule has 0 fully saturated rings. The van der Waals surface area contributed by atoms with Crippen molar-refractivity contribution in [3.05, 3.63) is 54.6 Å². The fourth-order valence-electron chi connectivity index (χ4n) is 2.13. The van der Waals surface area contributed by atoms with Gasteiger partial charge in [-0.15, -0.1) is 0 Å². The third-order valence-corrected chi connectivity index (χ3v) is 3.30. The number of benzene rings is 2. The van der Waals surface area contributed by atoms with Crippen LogP contribution < -0.4 is 15.0 Å². The van der Waals surface area contributed by atoms with Crippen molar-refractivity contribution in [3.8, 4) is 11.5 Å². The highest BCUT2D eigenvalue weighted by atomic mass is 16.5. The van der Waals surface area contributed by atoms with E-state index in [9.17, 15) is 9.59 Å². The summed E-state index contributed by atoms with van der Waals surface area (Å²) in [5, 5.41) is 2.55. The van der Waals surface area contributed by atoms with Crippen LogP contribution in [0.15, 0.2) is 54.6 Å². The molecule has 2 aromatic rings. The van der Waals surface area contributed by atoms with Crippen LogP contribution in [0.1, 0.15) is 6.92 Å². The number of anilines is 1. The highest BCUT2D eigenvalue weighted by molar-refractivity contribution is 5.91. The Kier molecular flexibility index (Phi) is 6.19. The van der Waals surface area contributed by atoms with E-state index in [0.717, 1.165) is 11.4 Å². The number of para-hydroxylation sites is 1. The van der Waals surface area contributed by atoms with Crippen LogP contribution in [-0.4, -0.2) is 32.2 Å². The zero-order chi connectivity index (χ0) is 17.4. The van der Waals surface area contributed by atoms with Crippen molar-refractivity contribution in [3.63, 3.8) is 0 Å². The lowest BCUT2D eigenvalue weighted by atomic mass is 10.2. The summed E-state index contributed by atoms with van der Waals surface area (Å²) in [6, 6.07) is 16.7. The molecule has 0 atom stereocenters. The van der Waals surface area contributed by atoms with Crippen molar-refractivity contribution in [2.45, 2.75) is 6.92 Å². The molecule has 6 heteroatoms. The van der Waals surface area contributed by atoms with Gasteiger partial charge >= 0.3 is 6.09 Å². The maximum Gasteiger partial charge on any atom is 0.406 e. The van der Waals surface area contributed by atoms with Crippen LogP contribution in [-0.2, 0) is 9.53 Å². The third kappa shape index (κ3) is 5.01. The van der Waals surface area contributed by atoms with Gasteiger partial charge in [-0.1, -0.05) is 18.2 Å². The number of carbonyl (C=O) groups is 2. The van der Waals surface area contributed by atoms with E-state index >= 15 is 0 Å². The monoisotopic (exact) mass is 328 g/mol. The minimum atomic E-state index is -0.523. The average molecular weight is 328 g/mol. The normalized spacial score (nSPS) is 9.92. The number of nitrogens with zero attached hydrogens (tertiary/aromatic N) is 1. The van der Waals surface area contributed by atoms with Crippen molar-refractivity contribution in [1.29, 1.82) is 0 Å². The SMILES string of the molecule is COC(=O)NCCN(C(C)=O)c1ccc(Oc2ccccc2)cc1. The average Bonchev–Trinajstić information content (AvgIpc) is 2.60. The lowest BCUT2D eigenvalue weighted by Crippen LogP contribution is -2.37. The van der Waals surface area contributed by atoms with Gasteiger partial charge in [0.1, 0.15) is 11.5 Å². The van der Waals surface area contributed by atoms with E-state index in [1.54, 1.807) is 29.2 Å². The van der Waals surface area contributed by atoms with Crippen LogP contribution in [0.5, 0.6) is 11.5 Å². The van der Waals surface area contributed by atoms with Crippen LogP contribution in [0.4, 0.5) is 10.5 Å². The van der Waals surface area contributed by atoms with E-state index in [1.807, 2.05) is 30.3 Å². The number of nitrogens with one attached hydrogen (secondary N) is 1. The zero-order valence-electron chi connectivity index (χ0n) is 13.7. The van der Waals surface area contributed by atoms with Crippen LogP contribution in [0.3, 0.4) is 0 Å². The molecule has 0 saturated carbocycles. The molecular weight excluding hydrogens is 308 g/mol. The second kappa shape index (κ2) is 8.57. The van der Waals surface area contributed by atoms with Gasteiger partial charge in [0.05, 0.1) is 7.11 Å². The molecule has 0 unspecified atom stereocenters. The summed E-state index contributed by atoms with van der Waals surface area (Å²) >= 11 is 0. The minimum absolute atomic E-state index is 0.113. The number of amides is 2. The molecular formula is C18H20N2O4. The number of hydrogen-bond donors (Lipinski definition) is 1. The third-order valence-electron chi connectivity index (χ3n) is 3.30. The summed E-state index contributed by atoms with van der Waals surface area (Å²) in [6.45, 7) is 2.13. The number of alkyl carbamates (subject to hydrolysis) is 1. The Morgan fingerprint density at radius 2 is 1.62 bits per heavy atom. The van der Waals surface area contributed by atoms with E-state index in [-0.39, 0.29) is 5.91 Å². The smallest absolute Gasteiger partial charge is 0.406 e. The molecule has 0 heterocycles. The molecule has 0 aliphatic carbocycles. The summed E-state index contributed by atoms with van der Waals surface area (Å²) in [5.74, 6) is 1.32. The molecule has 0 aliphatic heterocycles. The van der Waals surface area contributed by atoms with Gasteiger partial charge in [-0.05, 0) is 36.4 Å². The summed E-state index contributed by atoms with van der Waals surface area (Å²) in [4.78, 5) is 24.5. The van der Waals surface area contributed by atoms with E-state index in [2.05, 4.69) is 10.1 Å². The fourth-order valence-corrected chi connectivity index (χ4v) is 2.13. The minimum Gasteiger partial charge on any atom is -0.457 e. The molecule has 2 amide bonds. The van der Waals surface area contributed by atoms with Gasteiger partial charge in [-0.3, -0.25) is 4.79 Å². The number of ether oxygens (including phenoxy) is 2. The first-order valence-electron chi connectivity index (χ1n) is 7.53. The Hall–Kier alpha value is -3.02. The number of carbonyl (C=O) groups excluding carboxylic acids is 2. The molecule has 6 nitrogen and oxygen atoms in total. The molecule has 24 heavy (non-hydrogen) atoms. The lowest BCUT2D eigenvalue weighted by Gasteiger charge is -2.21. The molecule has 126 valence electrons. The van der Waals surface area contributed by atoms with E-state index in [0.29, 0.717) is 18.8 Å². The molecule has 1 N–H and O–H groups in total. The van der Waals surface area contributed by atoms with Crippen LogP contribution >= 0.6 is 0 Å². The quantitative estimate of drug-likeness (QED) is 0.884. The van der Waals surface area contributed by atoms with Crippen molar-refractivity contribution in [2.24, 2.45) is 0 Å². The molecule has 0 bridgehead atoms. The van der Waals surface area contributed by atoms with E-state index in [4.69, 9.17) is 4.74 Å². The first-order chi connectivity index (χ1) is 11.6. The molecule has 0 saturated heterocycles. The summed E-state index contributed by atoms with van der Waals surface area (Å²) in [6.07, 6.45) is -0.523. The largest absolute Gasteiger partial charge is 0.457 e. The van der Waals surface area contributed by atoms with Gasteiger partial charge in [0.2, 0.25) is 5.91 Å². The Morgan fingerprint density at radius 3 is 2.21 bits per heavy atom. The molecule has 2 aromatic carbocycles. The first kappa shape index (κ1) is 17.3. The van der Waals surface area contributed by atoms with Crippen LogP contribution in [0, 0.1) is 0 Å². The Morgan fingerprint density at radius 1 is 1.00 bits per heavy atom. The second-order valence-corrected chi connectivity index (χ2v) is 5.00. The number of hydrogen-bond acceptors (Lipinski definition) is 4. The van der Waals surface area contributed by atoms with Gasteiger partial charge in [0, 0.05) is 25.7 Å². The van der Waals surface area contributed by atoms with Gasteiger partial charge in [-0.2, -0.15) is 0 Å². The molecule has 0 spiro atoms. The topological polar surface area (TPSA) is 67.9 Å². The van der Waals surface area contributed by atoms with Crippen molar-refractivity contribution in [2.75, 3.05) is 25.1 Å². The van der Waals surface area contributed by atoms with Crippen LogP contribution in [0.25, 0.3) is 0 Å². The van der Waals surface area contributed by atoms with Crippen molar-refractivity contribution >= 4 is 17.7 Å². The van der Waals surface area contributed by atoms with Gasteiger partial charge in [-0.25, -0.2) is 4.79 Å². The standard InChI is InChI=1S/C18H20N2O4/c1-14(21)20(13-12-19-18(22)23-2)15-8-10-17(11-9-15)24-16-6-4-3-5-7-16/h3-11H,12-13H2,1-2H3,(H,19,22). The maximum absolute atomic E-state index is 11.8. The van der Waals surface area contributed by atoms with Gasteiger partial charge in [0.15, 0.2) is 0 Å². The second-order valence-electron chi connectivity index (χ2n) is 5.00. The Labute approximate surface area is 141 Å². The predicted molar refractivity (Wildman–Crippen MR) is 91.4 cm³/mol. The predicted octanol–water partition coefficient (Wildman–Crippen LogP) is 3.19. The lowest BCUT2D eigenvalue weighted by molar-refractivity contribution is -0.116. The Bertz CT molecular complexity index is 671. The maximum atomic E-state index is 11.8. The van der Waals surface area contributed by atoms with Crippen molar-refractivity contribution < 1.29 is 19.1 Å². The summed E-state index contributed by atoms with van der Waals surface area (Å²) < 4.78 is 10.2. The van der Waals surface area contributed by atoms with E-state index < -0.39 is 6.09 Å². The Balaban J connectivity index is 2.00. The number of methoxy groups -OCH3 is 1. The highest BCUT2D eigenvalue weighted by Crippen LogP contribution is 2.24. The summed E-state index contributed by atoms with van der Waals surface area (Å²) in [5.41, 5.74) is 0.731. The highest BCUT2D eigenvalue weighted by Gasteiger charge is 2.12. The van der Waals surface area contributed by atoms with E-state index in [1.165, 1.54) is 14.0 Å². The molecule has 0 aromatic heterocycles. The molecule has 2 rings (SSSR count). The molecule has 0 aliphatic rings. The molecule has 0 radical (unpaired) electrons. The van der Waals surface area contributed by atoms with Crippen molar-refractivity contribution in [1.82, 2.24) is 5.32 Å². The van der Waals surface area contributed by atoms with Gasteiger partial charge in [0.25, 0.3) is 0 Å². The summed E-state index contributed by atoms with van der Waals surface area (Å²) in [7, 11) is 1.30. The number of rotatable bonds is 6. The van der Waals surface area contributed by atoms with Gasteiger partial charge < -0.3 is 19.7 Å². The van der Waals surface area contributed by atoms with Crippen LogP contribution in [0.2, 0.25) is 0 Å². The fraction of sp³-hybridized carbons (Fsp3) is 0.222. The first-order valence-corrected chi connectivity index (χ1v) is 7.53.